The van der Waals surface area contributed by atoms with Crippen molar-refractivity contribution in [2.24, 2.45) is 5.92 Å². The number of thiophene rings is 1. The van der Waals surface area contributed by atoms with E-state index in [9.17, 15) is 9.59 Å². The highest BCUT2D eigenvalue weighted by Crippen LogP contribution is 2.40. The van der Waals surface area contributed by atoms with Crippen LogP contribution < -0.4 is 14.8 Å². The predicted molar refractivity (Wildman–Crippen MR) is 123 cm³/mol. The zero-order chi connectivity index (χ0) is 22.4. The first-order chi connectivity index (χ1) is 15.0. The van der Waals surface area contributed by atoms with Crippen molar-refractivity contribution >= 4 is 34.3 Å². The molecule has 1 aromatic carbocycles. The highest BCUT2D eigenvalue weighted by Gasteiger charge is 2.28. The minimum Gasteiger partial charge on any atom is -0.490 e. The number of carbonyl (C=O) groups is 2. The van der Waals surface area contributed by atoms with E-state index in [2.05, 4.69) is 12.2 Å². The second kappa shape index (κ2) is 10.5. The average Bonchev–Trinajstić information content (AvgIpc) is 3.10. The summed E-state index contributed by atoms with van der Waals surface area (Å²) in [5, 5.41) is 3.43. The predicted octanol–water partition coefficient (Wildman–Crippen LogP) is 5.11. The van der Waals surface area contributed by atoms with Gasteiger partial charge in [-0.25, -0.2) is 4.79 Å². The highest BCUT2D eigenvalue weighted by atomic mass is 32.1. The van der Waals surface area contributed by atoms with E-state index in [1.165, 1.54) is 24.5 Å². The van der Waals surface area contributed by atoms with Crippen molar-refractivity contribution in [3.05, 3.63) is 45.8 Å². The van der Waals surface area contributed by atoms with Crippen molar-refractivity contribution in [3.63, 3.8) is 0 Å². The summed E-state index contributed by atoms with van der Waals surface area (Å²) in [5.74, 6) is 1.18. The van der Waals surface area contributed by atoms with Gasteiger partial charge in [-0.05, 0) is 68.4 Å². The Morgan fingerprint density at radius 3 is 2.65 bits per heavy atom. The van der Waals surface area contributed by atoms with Crippen molar-refractivity contribution in [1.82, 2.24) is 0 Å². The van der Waals surface area contributed by atoms with Crippen LogP contribution in [0.3, 0.4) is 0 Å². The summed E-state index contributed by atoms with van der Waals surface area (Å²) in [7, 11) is 1.37. The molecule has 0 saturated heterocycles. The normalized spacial score (nSPS) is 15.4. The SMILES string of the molecule is CCOc1ccc(C=CC(=O)Nc2sc3c(c2C(=O)OC)CCC(C)C3)cc1OCC. The maximum absolute atomic E-state index is 12.6. The van der Waals surface area contributed by atoms with E-state index >= 15 is 0 Å². The minimum atomic E-state index is -0.404. The molecular formula is C24H29NO5S. The van der Waals surface area contributed by atoms with Gasteiger partial charge in [-0.1, -0.05) is 13.0 Å². The Morgan fingerprint density at radius 2 is 1.94 bits per heavy atom. The molecule has 2 aromatic rings. The van der Waals surface area contributed by atoms with Crippen LogP contribution in [-0.2, 0) is 22.4 Å². The Balaban J connectivity index is 1.78. The Kier molecular flexibility index (Phi) is 7.74. The van der Waals surface area contributed by atoms with Gasteiger partial charge < -0.3 is 19.5 Å². The first kappa shape index (κ1) is 22.9. The summed E-state index contributed by atoms with van der Waals surface area (Å²) in [4.78, 5) is 26.1. The molecule has 0 fully saturated rings. The number of ether oxygens (including phenoxy) is 3. The smallest absolute Gasteiger partial charge is 0.341 e. The number of hydrogen-bond acceptors (Lipinski definition) is 6. The van der Waals surface area contributed by atoms with Crippen LogP contribution in [0.25, 0.3) is 6.08 Å². The van der Waals surface area contributed by atoms with Gasteiger partial charge in [-0.3, -0.25) is 4.79 Å². The zero-order valence-corrected chi connectivity index (χ0v) is 19.3. The standard InChI is InChI=1S/C24H29NO5S/c1-5-29-18-11-8-16(14-19(18)30-6-2)9-12-21(26)25-23-22(24(27)28-4)17-10-7-15(3)13-20(17)31-23/h8-9,11-12,14-15H,5-7,10,13H2,1-4H3,(H,25,26). The topological polar surface area (TPSA) is 73.9 Å². The van der Waals surface area contributed by atoms with Gasteiger partial charge in [0, 0.05) is 11.0 Å². The molecule has 7 heteroatoms. The van der Waals surface area contributed by atoms with Crippen LogP contribution in [0.15, 0.2) is 24.3 Å². The van der Waals surface area contributed by atoms with Crippen LogP contribution in [0.2, 0.25) is 0 Å². The molecule has 0 saturated carbocycles. The Hall–Kier alpha value is -2.80. The molecule has 31 heavy (non-hydrogen) atoms. The fourth-order valence-corrected chi connectivity index (χ4v) is 5.06. The molecule has 1 amide bonds. The number of hydrogen-bond donors (Lipinski definition) is 1. The monoisotopic (exact) mass is 443 g/mol. The molecule has 1 N–H and O–H groups in total. The number of rotatable bonds is 8. The summed E-state index contributed by atoms with van der Waals surface area (Å²) in [6.07, 6.45) is 5.94. The second-order valence-electron chi connectivity index (χ2n) is 7.44. The molecule has 0 aliphatic heterocycles. The lowest BCUT2D eigenvalue weighted by Crippen LogP contribution is -2.14. The molecule has 3 rings (SSSR count). The lowest BCUT2D eigenvalue weighted by molar-refractivity contribution is -0.111. The Morgan fingerprint density at radius 1 is 1.19 bits per heavy atom. The van der Waals surface area contributed by atoms with Gasteiger partial charge >= 0.3 is 5.97 Å². The molecule has 0 bridgehead atoms. The van der Waals surface area contributed by atoms with Gasteiger partial charge in [0.1, 0.15) is 5.00 Å². The summed E-state index contributed by atoms with van der Waals surface area (Å²) in [5.41, 5.74) is 2.33. The number of carbonyl (C=O) groups excluding carboxylic acids is 2. The van der Waals surface area contributed by atoms with Gasteiger partial charge in [-0.2, -0.15) is 0 Å². The molecule has 0 radical (unpaired) electrons. The van der Waals surface area contributed by atoms with E-state index < -0.39 is 5.97 Å². The molecule has 1 aromatic heterocycles. The molecule has 166 valence electrons. The van der Waals surface area contributed by atoms with Crippen molar-refractivity contribution < 1.29 is 23.8 Å². The number of nitrogens with one attached hydrogen (secondary N) is 1. The Bertz CT molecular complexity index is 979. The first-order valence-corrected chi connectivity index (χ1v) is 11.4. The van der Waals surface area contributed by atoms with Gasteiger partial charge in [-0.15, -0.1) is 11.3 Å². The molecule has 1 atom stereocenters. The molecule has 1 aliphatic rings. The van der Waals surface area contributed by atoms with E-state index in [4.69, 9.17) is 14.2 Å². The largest absolute Gasteiger partial charge is 0.490 e. The average molecular weight is 444 g/mol. The van der Waals surface area contributed by atoms with E-state index in [1.807, 2.05) is 32.0 Å². The lowest BCUT2D eigenvalue weighted by atomic mass is 9.88. The van der Waals surface area contributed by atoms with Gasteiger partial charge in [0.15, 0.2) is 11.5 Å². The van der Waals surface area contributed by atoms with E-state index in [0.717, 1.165) is 35.3 Å². The van der Waals surface area contributed by atoms with E-state index in [-0.39, 0.29) is 5.91 Å². The third-order valence-corrected chi connectivity index (χ3v) is 6.30. The van der Waals surface area contributed by atoms with Crippen molar-refractivity contribution in [2.75, 3.05) is 25.6 Å². The fraction of sp³-hybridized carbons (Fsp3) is 0.417. The van der Waals surface area contributed by atoms with Crippen LogP contribution >= 0.6 is 11.3 Å². The zero-order valence-electron chi connectivity index (χ0n) is 18.4. The maximum Gasteiger partial charge on any atom is 0.341 e. The fourth-order valence-electron chi connectivity index (χ4n) is 3.65. The third-order valence-electron chi connectivity index (χ3n) is 5.13. The second-order valence-corrected chi connectivity index (χ2v) is 8.55. The minimum absolute atomic E-state index is 0.302. The summed E-state index contributed by atoms with van der Waals surface area (Å²) < 4.78 is 16.2. The van der Waals surface area contributed by atoms with Crippen molar-refractivity contribution in [2.45, 2.75) is 40.0 Å². The molecule has 1 aliphatic carbocycles. The van der Waals surface area contributed by atoms with Gasteiger partial charge in [0.2, 0.25) is 5.91 Å². The molecule has 0 spiro atoms. The molecule has 6 nitrogen and oxygen atoms in total. The first-order valence-electron chi connectivity index (χ1n) is 10.6. The van der Waals surface area contributed by atoms with E-state index in [1.54, 1.807) is 6.08 Å². The number of fused-ring (bicyclic) bond motifs is 1. The lowest BCUT2D eigenvalue weighted by Gasteiger charge is -2.18. The maximum atomic E-state index is 12.6. The number of esters is 1. The van der Waals surface area contributed by atoms with Crippen LogP contribution in [0, 0.1) is 5.92 Å². The number of methoxy groups -OCH3 is 1. The van der Waals surface area contributed by atoms with Gasteiger partial charge in [0.05, 0.1) is 25.9 Å². The number of benzene rings is 1. The van der Waals surface area contributed by atoms with Crippen molar-refractivity contribution in [3.8, 4) is 11.5 Å². The van der Waals surface area contributed by atoms with Crippen LogP contribution in [0.5, 0.6) is 11.5 Å². The number of amides is 1. The quantitative estimate of drug-likeness (QED) is 0.453. The highest BCUT2D eigenvalue weighted by molar-refractivity contribution is 7.17. The van der Waals surface area contributed by atoms with E-state index in [0.29, 0.717) is 41.2 Å². The molecular weight excluding hydrogens is 414 g/mol. The Labute approximate surface area is 187 Å². The van der Waals surface area contributed by atoms with Crippen LogP contribution in [-0.4, -0.2) is 32.2 Å². The molecule has 1 unspecified atom stereocenters. The third kappa shape index (κ3) is 5.47. The molecule has 1 heterocycles. The summed E-state index contributed by atoms with van der Waals surface area (Å²) >= 11 is 1.47. The summed E-state index contributed by atoms with van der Waals surface area (Å²) in [6.45, 7) is 7.09. The van der Waals surface area contributed by atoms with Crippen molar-refractivity contribution in [1.29, 1.82) is 0 Å². The van der Waals surface area contributed by atoms with Crippen LogP contribution in [0.1, 0.15) is 53.6 Å². The number of anilines is 1. The summed E-state index contributed by atoms with van der Waals surface area (Å²) in [6, 6.07) is 5.53. The van der Waals surface area contributed by atoms with Crippen LogP contribution in [0.4, 0.5) is 5.00 Å². The van der Waals surface area contributed by atoms with Gasteiger partial charge in [0.25, 0.3) is 0 Å².